The van der Waals surface area contributed by atoms with Crippen molar-refractivity contribution >= 4 is 46.4 Å². The van der Waals surface area contributed by atoms with Crippen molar-refractivity contribution in [1.82, 2.24) is 19.9 Å². The van der Waals surface area contributed by atoms with Gasteiger partial charge in [0, 0.05) is 49.8 Å². The van der Waals surface area contributed by atoms with Crippen molar-refractivity contribution in [3.63, 3.8) is 0 Å². The summed E-state index contributed by atoms with van der Waals surface area (Å²) in [5.41, 5.74) is 4.20. The average molecular weight is 646 g/mol. The van der Waals surface area contributed by atoms with Crippen molar-refractivity contribution in [3.05, 3.63) is 164 Å². The lowest BCUT2D eigenvalue weighted by Crippen LogP contribution is -2.30. The minimum atomic E-state index is -1.43. The van der Waals surface area contributed by atoms with Gasteiger partial charge in [-0.25, -0.2) is 9.97 Å². The largest absolute Gasteiger partial charge is 0.374 e. The smallest absolute Gasteiger partial charge is 0.159 e. The van der Waals surface area contributed by atoms with Crippen molar-refractivity contribution in [2.75, 3.05) is 0 Å². The van der Waals surface area contributed by atoms with Crippen LogP contribution in [0.15, 0.2) is 122 Å². The summed E-state index contributed by atoms with van der Waals surface area (Å²) in [6.45, 7) is 2.00. The zero-order valence-electron chi connectivity index (χ0n) is 22.8. The Hall–Kier alpha value is -3.84. The van der Waals surface area contributed by atoms with Gasteiger partial charge in [0.2, 0.25) is 0 Å². The zero-order chi connectivity index (χ0) is 30.4. The van der Waals surface area contributed by atoms with Crippen molar-refractivity contribution in [3.8, 4) is 22.6 Å². The van der Waals surface area contributed by atoms with E-state index in [2.05, 4.69) is 19.9 Å². The van der Waals surface area contributed by atoms with E-state index in [1.807, 2.05) is 61.7 Å². The van der Waals surface area contributed by atoms with Gasteiger partial charge >= 0.3 is 0 Å². The number of aromatic nitrogens is 4. The van der Waals surface area contributed by atoms with Gasteiger partial charge < -0.3 is 5.11 Å². The normalized spacial score (nSPS) is 11.0. The van der Waals surface area contributed by atoms with E-state index in [0.717, 1.165) is 22.4 Å². The first kappa shape index (κ1) is 30.6. The van der Waals surface area contributed by atoms with Gasteiger partial charge in [0.15, 0.2) is 11.4 Å². The monoisotopic (exact) mass is 644 g/mol. The summed E-state index contributed by atoms with van der Waals surface area (Å²) >= 11 is 23.7. The van der Waals surface area contributed by atoms with Gasteiger partial charge in [0.25, 0.3) is 0 Å². The molecule has 6 aromatic rings. The van der Waals surface area contributed by atoms with Crippen LogP contribution in [-0.4, -0.2) is 25.0 Å². The highest BCUT2D eigenvalue weighted by atomic mass is 35.5. The van der Waals surface area contributed by atoms with Crippen LogP contribution in [0.2, 0.25) is 20.1 Å². The molecular formula is C34H24Cl4N4O. The van der Waals surface area contributed by atoms with E-state index in [1.165, 1.54) is 0 Å². The molecule has 0 fully saturated rings. The Kier molecular flexibility index (Phi) is 9.71. The number of nitrogens with zero attached hydrogens (tertiary/aromatic N) is 4. The molecule has 0 radical (unpaired) electrons. The molecule has 0 aliphatic heterocycles. The van der Waals surface area contributed by atoms with E-state index in [1.54, 1.807) is 67.1 Å². The first-order chi connectivity index (χ1) is 20.7. The van der Waals surface area contributed by atoms with E-state index in [0.29, 0.717) is 42.7 Å². The Morgan fingerprint density at radius 2 is 1.02 bits per heavy atom. The van der Waals surface area contributed by atoms with E-state index in [-0.39, 0.29) is 0 Å². The topological polar surface area (TPSA) is 71.8 Å². The Labute approximate surface area is 269 Å². The maximum Gasteiger partial charge on any atom is 0.159 e. The average Bonchev–Trinajstić information content (AvgIpc) is 3.03. The molecule has 0 saturated carbocycles. The van der Waals surface area contributed by atoms with E-state index < -0.39 is 5.60 Å². The fraction of sp³-hybridized carbons (Fsp3) is 0.0588. The molecule has 0 unspecified atom stereocenters. The molecule has 0 aliphatic rings. The predicted molar refractivity (Wildman–Crippen MR) is 175 cm³/mol. The van der Waals surface area contributed by atoms with Crippen LogP contribution >= 0.6 is 46.4 Å². The highest BCUT2D eigenvalue weighted by molar-refractivity contribution is 6.31. The number of rotatable bonds is 5. The summed E-state index contributed by atoms with van der Waals surface area (Å²) in [6.07, 6.45) is 6.49. The van der Waals surface area contributed by atoms with Crippen LogP contribution in [0, 0.1) is 6.92 Å². The molecular weight excluding hydrogens is 622 g/mol. The van der Waals surface area contributed by atoms with Crippen LogP contribution in [0.1, 0.15) is 22.4 Å². The molecule has 0 amide bonds. The summed E-state index contributed by atoms with van der Waals surface area (Å²) in [4.78, 5) is 17.4. The van der Waals surface area contributed by atoms with Gasteiger partial charge in [0.1, 0.15) is 0 Å². The lowest BCUT2D eigenvalue weighted by Gasteiger charge is -2.28. The minimum absolute atomic E-state index is 0.430. The van der Waals surface area contributed by atoms with Crippen LogP contribution in [0.3, 0.4) is 0 Å². The number of aryl methyl sites for hydroxylation is 1. The maximum absolute atomic E-state index is 11.4. The summed E-state index contributed by atoms with van der Waals surface area (Å²) < 4.78 is 0. The number of hydrogen-bond acceptors (Lipinski definition) is 5. The van der Waals surface area contributed by atoms with Crippen LogP contribution in [0.25, 0.3) is 22.6 Å². The van der Waals surface area contributed by atoms with Crippen molar-refractivity contribution in [2.45, 2.75) is 12.5 Å². The van der Waals surface area contributed by atoms with Gasteiger partial charge in [-0.3, -0.25) is 9.97 Å². The third kappa shape index (κ3) is 7.21. The van der Waals surface area contributed by atoms with E-state index in [9.17, 15) is 5.11 Å². The highest BCUT2D eigenvalue weighted by Gasteiger charge is 2.35. The second kappa shape index (κ2) is 13.6. The number of hydrogen-bond donors (Lipinski definition) is 1. The van der Waals surface area contributed by atoms with Gasteiger partial charge in [-0.15, -0.1) is 0 Å². The molecule has 4 aromatic carbocycles. The van der Waals surface area contributed by atoms with Crippen molar-refractivity contribution in [2.24, 2.45) is 0 Å². The Bertz CT molecular complexity index is 1750. The summed E-state index contributed by atoms with van der Waals surface area (Å²) in [6, 6.07) is 29.1. The summed E-state index contributed by atoms with van der Waals surface area (Å²) in [5.74, 6) is 0.683. The SMILES string of the molecule is Cc1cnc(-c2ccc(Cl)cc2)nc1-c1ccc(Cl)cc1.OC(c1ccc(Cl)cc1)(c1ccc(Cl)cc1)c1cnccn1. The van der Waals surface area contributed by atoms with Crippen LogP contribution in [0.4, 0.5) is 0 Å². The molecule has 0 aliphatic carbocycles. The molecule has 0 bridgehead atoms. The standard InChI is InChI=1S/C17H12Cl2N2O.C17H12Cl2N2/c18-14-5-1-12(2-6-14)17(22,16-11-20-9-10-21-16)13-3-7-15(19)8-4-13;1-11-10-20-17(13-4-8-15(19)9-5-13)21-16(11)12-2-6-14(18)7-3-12/h1-11,22H;2-10H,1H3. The van der Waals surface area contributed by atoms with Crippen LogP contribution in [-0.2, 0) is 5.60 Å². The molecule has 5 nitrogen and oxygen atoms in total. The lowest BCUT2D eigenvalue weighted by molar-refractivity contribution is 0.120. The maximum atomic E-state index is 11.4. The molecule has 0 spiro atoms. The highest BCUT2D eigenvalue weighted by Crippen LogP contribution is 2.36. The predicted octanol–water partition coefficient (Wildman–Crippen LogP) is 9.49. The molecule has 6 rings (SSSR count). The zero-order valence-corrected chi connectivity index (χ0v) is 25.8. The van der Waals surface area contributed by atoms with Gasteiger partial charge in [-0.05, 0) is 84.3 Å². The summed E-state index contributed by atoms with van der Waals surface area (Å²) in [5, 5.41) is 14.0. The van der Waals surface area contributed by atoms with Gasteiger partial charge in [0.05, 0.1) is 17.6 Å². The molecule has 2 heterocycles. The third-order valence-corrected chi connectivity index (χ3v) is 7.66. The van der Waals surface area contributed by atoms with Gasteiger partial charge in [-0.2, -0.15) is 0 Å². The molecule has 0 saturated heterocycles. The first-order valence-electron chi connectivity index (χ1n) is 13.1. The first-order valence-corrected chi connectivity index (χ1v) is 14.6. The fourth-order valence-corrected chi connectivity index (χ4v) is 4.91. The van der Waals surface area contributed by atoms with Crippen molar-refractivity contribution < 1.29 is 5.11 Å². The number of halogens is 4. The number of benzene rings is 4. The molecule has 43 heavy (non-hydrogen) atoms. The van der Waals surface area contributed by atoms with E-state index >= 15 is 0 Å². The van der Waals surface area contributed by atoms with Crippen LogP contribution in [0.5, 0.6) is 0 Å². The quantitative estimate of drug-likeness (QED) is 0.202. The molecule has 9 heteroatoms. The molecule has 1 N–H and O–H groups in total. The fourth-order valence-electron chi connectivity index (χ4n) is 4.41. The third-order valence-electron chi connectivity index (χ3n) is 6.65. The summed E-state index contributed by atoms with van der Waals surface area (Å²) in [7, 11) is 0. The lowest BCUT2D eigenvalue weighted by atomic mass is 9.84. The van der Waals surface area contributed by atoms with E-state index in [4.69, 9.17) is 46.4 Å². The molecule has 2 aromatic heterocycles. The Morgan fingerprint density at radius 1 is 0.558 bits per heavy atom. The van der Waals surface area contributed by atoms with Crippen LogP contribution < -0.4 is 0 Å². The van der Waals surface area contributed by atoms with Gasteiger partial charge in [-0.1, -0.05) is 82.8 Å². The molecule has 0 atom stereocenters. The second-order valence-corrected chi connectivity index (χ2v) is 11.3. The molecule has 214 valence electrons. The van der Waals surface area contributed by atoms with Crippen molar-refractivity contribution in [1.29, 1.82) is 0 Å². The second-order valence-electron chi connectivity index (χ2n) is 9.55. The Morgan fingerprint density at radius 3 is 1.49 bits per heavy atom. The minimum Gasteiger partial charge on any atom is -0.374 e. The number of aliphatic hydroxyl groups is 1. The Balaban J connectivity index is 0.000000171.